The van der Waals surface area contributed by atoms with Crippen LogP contribution < -0.4 is 4.74 Å². The Bertz CT molecular complexity index is 682. The molecule has 126 valence electrons. The molecule has 1 aromatic rings. The van der Waals surface area contributed by atoms with Crippen LogP contribution in [-0.4, -0.2) is 55.5 Å². The number of benzene rings is 1. The van der Waals surface area contributed by atoms with Gasteiger partial charge in [-0.25, -0.2) is 13.2 Å². The Kier molecular flexibility index (Phi) is 5.25. The molecule has 23 heavy (non-hydrogen) atoms. The molecular weight excluding hydrogens is 322 g/mol. The van der Waals surface area contributed by atoms with Crippen LogP contribution in [-0.2, 0) is 26.0 Å². The number of amides is 1. The van der Waals surface area contributed by atoms with Crippen molar-refractivity contribution < 1.29 is 27.9 Å². The zero-order chi connectivity index (χ0) is 17.0. The van der Waals surface area contributed by atoms with Gasteiger partial charge in [-0.1, -0.05) is 12.1 Å². The van der Waals surface area contributed by atoms with Crippen LogP contribution >= 0.6 is 0 Å². The lowest BCUT2D eigenvalue weighted by Gasteiger charge is -2.20. The molecule has 1 saturated heterocycles. The van der Waals surface area contributed by atoms with Gasteiger partial charge in [0.2, 0.25) is 5.91 Å². The predicted octanol–water partition coefficient (Wildman–Crippen LogP) is 0.543. The Hall–Kier alpha value is -2.09. The summed E-state index contributed by atoms with van der Waals surface area (Å²) in [5, 5.41) is 8.54. The summed E-state index contributed by atoms with van der Waals surface area (Å²) in [6.45, 7) is -0.0531. The summed E-state index contributed by atoms with van der Waals surface area (Å²) in [6, 6.07) is 6.76. The van der Waals surface area contributed by atoms with Crippen LogP contribution in [0.2, 0.25) is 0 Å². The lowest BCUT2D eigenvalue weighted by atomic mass is 10.1. The first-order chi connectivity index (χ1) is 10.8. The third kappa shape index (κ3) is 4.95. The smallest absolute Gasteiger partial charge is 0.341 e. The molecule has 1 fully saturated rings. The SMILES string of the molecule is CN(Cc1ccc(OCC(=O)O)cc1)C(=O)C1CCS(=O)(=O)C1. The van der Waals surface area contributed by atoms with Crippen LogP contribution in [0.3, 0.4) is 0 Å². The third-order valence-electron chi connectivity index (χ3n) is 3.66. The van der Waals surface area contributed by atoms with Crippen molar-refractivity contribution in [3.05, 3.63) is 29.8 Å². The topological polar surface area (TPSA) is 101 Å². The maximum Gasteiger partial charge on any atom is 0.341 e. The van der Waals surface area contributed by atoms with E-state index in [4.69, 9.17) is 9.84 Å². The number of carbonyl (C=O) groups excluding carboxylic acids is 1. The normalized spacial score (nSPS) is 19.3. The zero-order valence-corrected chi connectivity index (χ0v) is 13.6. The average Bonchev–Trinajstić information content (AvgIpc) is 2.85. The van der Waals surface area contributed by atoms with Crippen molar-refractivity contribution in [3.8, 4) is 5.75 Å². The first kappa shape index (κ1) is 17.3. The van der Waals surface area contributed by atoms with E-state index in [-0.39, 0.29) is 17.4 Å². The van der Waals surface area contributed by atoms with E-state index >= 15 is 0 Å². The van der Waals surface area contributed by atoms with E-state index in [1.165, 1.54) is 4.90 Å². The minimum absolute atomic E-state index is 0.0713. The number of ether oxygens (including phenoxy) is 1. The molecule has 1 unspecified atom stereocenters. The molecular formula is C15H19NO6S. The largest absolute Gasteiger partial charge is 0.482 e. The van der Waals surface area contributed by atoms with Gasteiger partial charge in [-0.3, -0.25) is 4.79 Å². The van der Waals surface area contributed by atoms with Gasteiger partial charge in [-0.2, -0.15) is 0 Å². The van der Waals surface area contributed by atoms with Crippen molar-refractivity contribution >= 4 is 21.7 Å². The van der Waals surface area contributed by atoms with Gasteiger partial charge >= 0.3 is 5.97 Å². The van der Waals surface area contributed by atoms with Crippen LogP contribution in [0.4, 0.5) is 0 Å². The summed E-state index contributed by atoms with van der Waals surface area (Å²) in [5.41, 5.74) is 0.851. The van der Waals surface area contributed by atoms with E-state index < -0.39 is 28.3 Å². The summed E-state index contributed by atoms with van der Waals surface area (Å²) >= 11 is 0. The first-order valence-electron chi connectivity index (χ1n) is 7.16. The number of hydrogen-bond donors (Lipinski definition) is 1. The minimum atomic E-state index is -3.08. The molecule has 0 bridgehead atoms. The van der Waals surface area contributed by atoms with Crippen LogP contribution in [0.1, 0.15) is 12.0 Å². The van der Waals surface area contributed by atoms with Crippen molar-refractivity contribution in [3.63, 3.8) is 0 Å². The van der Waals surface area contributed by atoms with E-state index in [0.29, 0.717) is 18.7 Å². The van der Waals surface area contributed by atoms with Crippen molar-refractivity contribution in [1.82, 2.24) is 4.90 Å². The van der Waals surface area contributed by atoms with Gasteiger partial charge in [0.1, 0.15) is 5.75 Å². The van der Waals surface area contributed by atoms with Crippen LogP contribution in [0.5, 0.6) is 5.75 Å². The standard InChI is InChI=1S/C15H19NO6S/c1-16(15(19)12-6-7-23(20,21)10-12)8-11-2-4-13(5-3-11)22-9-14(17)18/h2-5,12H,6-10H2,1H3,(H,17,18). The number of carboxylic acids is 1. The highest BCUT2D eigenvalue weighted by Crippen LogP contribution is 2.21. The molecule has 0 aliphatic carbocycles. The Morgan fingerprint density at radius 2 is 1.96 bits per heavy atom. The van der Waals surface area contributed by atoms with E-state index in [0.717, 1.165) is 5.56 Å². The van der Waals surface area contributed by atoms with Gasteiger partial charge in [0, 0.05) is 13.6 Å². The fourth-order valence-electron chi connectivity index (χ4n) is 2.49. The molecule has 0 aromatic heterocycles. The minimum Gasteiger partial charge on any atom is -0.482 e. The molecule has 1 aromatic carbocycles. The van der Waals surface area contributed by atoms with E-state index in [1.54, 1.807) is 31.3 Å². The summed E-state index contributed by atoms with van der Waals surface area (Å²) in [4.78, 5) is 24.2. The molecule has 7 nitrogen and oxygen atoms in total. The van der Waals surface area contributed by atoms with Crippen LogP contribution in [0.15, 0.2) is 24.3 Å². The van der Waals surface area contributed by atoms with Gasteiger partial charge in [-0.15, -0.1) is 0 Å². The van der Waals surface area contributed by atoms with Gasteiger partial charge < -0.3 is 14.7 Å². The van der Waals surface area contributed by atoms with E-state index in [1.807, 2.05) is 0 Å². The van der Waals surface area contributed by atoms with E-state index in [9.17, 15) is 18.0 Å². The fourth-order valence-corrected chi connectivity index (χ4v) is 4.22. The highest BCUT2D eigenvalue weighted by Gasteiger charge is 2.34. The first-order valence-corrected chi connectivity index (χ1v) is 8.98. The Labute approximate surface area is 134 Å². The second kappa shape index (κ2) is 6.99. The number of rotatable bonds is 6. The average molecular weight is 341 g/mol. The second-order valence-electron chi connectivity index (χ2n) is 5.62. The molecule has 1 N–H and O–H groups in total. The van der Waals surface area contributed by atoms with Gasteiger partial charge in [0.25, 0.3) is 0 Å². The molecule has 0 radical (unpaired) electrons. The number of hydrogen-bond acceptors (Lipinski definition) is 5. The van der Waals surface area contributed by atoms with E-state index in [2.05, 4.69) is 0 Å². The maximum absolute atomic E-state index is 12.3. The second-order valence-corrected chi connectivity index (χ2v) is 7.85. The van der Waals surface area contributed by atoms with Crippen LogP contribution in [0, 0.1) is 5.92 Å². The third-order valence-corrected chi connectivity index (χ3v) is 5.43. The molecule has 1 amide bonds. The number of sulfone groups is 1. The summed E-state index contributed by atoms with van der Waals surface area (Å²) < 4.78 is 27.9. The zero-order valence-electron chi connectivity index (χ0n) is 12.8. The molecule has 1 aliphatic heterocycles. The van der Waals surface area contributed by atoms with Crippen molar-refractivity contribution in [2.45, 2.75) is 13.0 Å². The molecule has 2 rings (SSSR count). The molecule has 1 atom stereocenters. The van der Waals surface area contributed by atoms with Crippen LogP contribution in [0.25, 0.3) is 0 Å². The predicted molar refractivity (Wildman–Crippen MR) is 82.8 cm³/mol. The Balaban J connectivity index is 1.91. The summed E-state index contributed by atoms with van der Waals surface area (Å²) in [5.74, 6) is -1.23. The number of nitrogens with zero attached hydrogens (tertiary/aromatic N) is 1. The fraction of sp³-hybridized carbons (Fsp3) is 0.467. The molecule has 0 spiro atoms. The van der Waals surface area contributed by atoms with Gasteiger partial charge in [0.15, 0.2) is 16.4 Å². The lowest BCUT2D eigenvalue weighted by molar-refractivity contribution is -0.139. The maximum atomic E-state index is 12.3. The summed E-state index contributed by atoms with van der Waals surface area (Å²) in [6.07, 6.45) is 0.382. The van der Waals surface area contributed by atoms with Gasteiger partial charge in [-0.05, 0) is 24.1 Å². The molecule has 8 heteroatoms. The lowest BCUT2D eigenvalue weighted by Crippen LogP contribution is -2.33. The number of aliphatic carboxylic acids is 1. The number of carboxylic acid groups (broad SMARTS) is 1. The Morgan fingerprint density at radius 1 is 1.30 bits per heavy atom. The van der Waals surface area contributed by atoms with Crippen molar-refractivity contribution in [1.29, 1.82) is 0 Å². The number of carbonyl (C=O) groups is 2. The van der Waals surface area contributed by atoms with Crippen molar-refractivity contribution in [2.24, 2.45) is 5.92 Å². The molecule has 1 heterocycles. The molecule has 1 aliphatic rings. The monoisotopic (exact) mass is 341 g/mol. The van der Waals surface area contributed by atoms with Crippen molar-refractivity contribution in [2.75, 3.05) is 25.2 Å². The molecule has 0 saturated carbocycles. The highest BCUT2D eigenvalue weighted by molar-refractivity contribution is 7.91. The highest BCUT2D eigenvalue weighted by atomic mass is 32.2. The quantitative estimate of drug-likeness (QED) is 0.810. The summed E-state index contributed by atoms with van der Waals surface area (Å²) in [7, 11) is -1.44. The van der Waals surface area contributed by atoms with Gasteiger partial charge in [0.05, 0.1) is 17.4 Å². The Morgan fingerprint density at radius 3 is 2.48 bits per heavy atom.